The Balaban J connectivity index is 1.45. The molecule has 144 valence electrons. The largest absolute Gasteiger partial charge is 0.454 e. The van der Waals surface area contributed by atoms with E-state index in [1.54, 1.807) is 0 Å². The average Bonchev–Trinajstić information content (AvgIpc) is 3.41. The Labute approximate surface area is 168 Å². The number of carbonyl (C=O) groups is 1. The van der Waals surface area contributed by atoms with Crippen molar-refractivity contribution in [3.05, 3.63) is 95.7 Å². The zero-order valence-electron chi connectivity index (χ0n) is 15.8. The lowest BCUT2D eigenvalue weighted by Crippen LogP contribution is -2.85. The lowest BCUT2D eigenvalue weighted by atomic mass is 9.96. The Hall–Kier alpha value is -3.57. The fraction of sp³-hybridized carbons (Fsp3) is 0.125. The smallest absolute Gasteiger partial charge is 0.231 e. The lowest BCUT2D eigenvalue weighted by Gasteiger charge is -2.15. The summed E-state index contributed by atoms with van der Waals surface area (Å²) in [6.45, 7) is 0.915. The third kappa shape index (κ3) is 3.37. The number of fused-ring (bicyclic) bond motifs is 2. The Morgan fingerprint density at radius 3 is 2.66 bits per heavy atom. The Bertz CT molecular complexity index is 1170. The van der Waals surface area contributed by atoms with Gasteiger partial charge in [0.1, 0.15) is 6.54 Å². The first-order valence-electron chi connectivity index (χ1n) is 9.67. The summed E-state index contributed by atoms with van der Waals surface area (Å²) in [5, 5.41) is 3.03. The maximum Gasteiger partial charge on any atom is 0.231 e. The standard InChI is InChI=1S/C24H20N2O3/c27-24(19-14-25-20-9-5-4-8-18(19)20)23(17-6-2-1-3-7-17)26-13-16-10-11-21-22(12-16)29-15-28-21/h1-12,14,23,25-26H,13,15H2/p+1/t23-/m1/s1. The van der Waals surface area contributed by atoms with E-state index in [-0.39, 0.29) is 18.6 Å². The molecule has 1 aliphatic rings. The predicted molar refractivity (Wildman–Crippen MR) is 110 cm³/mol. The van der Waals surface area contributed by atoms with Crippen molar-refractivity contribution in [3.8, 4) is 11.5 Å². The van der Waals surface area contributed by atoms with Gasteiger partial charge in [0.2, 0.25) is 12.6 Å². The Kier molecular flexibility index (Phi) is 4.50. The Morgan fingerprint density at radius 1 is 0.966 bits per heavy atom. The molecule has 0 radical (unpaired) electrons. The molecule has 0 aliphatic carbocycles. The number of H-pyrrole nitrogens is 1. The summed E-state index contributed by atoms with van der Waals surface area (Å²) in [4.78, 5) is 16.7. The second-order valence-electron chi connectivity index (χ2n) is 7.13. The van der Waals surface area contributed by atoms with Gasteiger partial charge in [-0.05, 0) is 24.3 Å². The first-order valence-corrected chi connectivity index (χ1v) is 9.67. The highest BCUT2D eigenvalue weighted by Gasteiger charge is 2.27. The number of hydrogen-bond donors (Lipinski definition) is 2. The molecule has 0 fully saturated rings. The van der Waals surface area contributed by atoms with Crippen molar-refractivity contribution in [1.82, 2.24) is 4.98 Å². The van der Waals surface area contributed by atoms with E-state index in [1.807, 2.05) is 79.0 Å². The number of ketones is 1. The van der Waals surface area contributed by atoms with E-state index in [9.17, 15) is 4.79 Å². The molecule has 3 aromatic carbocycles. The topological polar surface area (TPSA) is 67.9 Å². The van der Waals surface area contributed by atoms with Crippen LogP contribution >= 0.6 is 0 Å². The van der Waals surface area contributed by atoms with Crippen molar-refractivity contribution in [2.24, 2.45) is 0 Å². The summed E-state index contributed by atoms with van der Waals surface area (Å²) in [7, 11) is 0. The van der Waals surface area contributed by atoms with Gasteiger partial charge in [-0.2, -0.15) is 0 Å². The number of rotatable bonds is 6. The summed E-state index contributed by atoms with van der Waals surface area (Å²) in [5.74, 6) is 1.62. The molecule has 5 nitrogen and oxygen atoms in total. The second kappa shape index (κ2) is 7.45. The van der Waals surface area contributed by atoms with Crippen molar-refractivity contribution in [2.45, 2.75) is 12.6 Å². The molecule has 5 rings (SSSR count). The number of carbonyl (C=O) groups excluding carboxylic acids is 1. The second-order valence-corrected chi connectivity index (χ2v) is 7.13. The first kappa shape index (κ1) is 17.5. The van der Waals surface area contributed by atoms with E-state index < -0.39 is 0 Å². The fourth-order valence-electron chi connectivity index (χ4n) is 3.82. The van der Waals surface area contributed by atoms with Crippen LogP contribution in [0, 0.1) is 0 Å². The van der Waals surface area contributed by atoms with Crippen LogP contribution in [0.2, 0.25) is 0 Å². The molecule has 3 N–H and O–H groups in total. The summed E-state index contributed by atoms with van der Waals surface area (Å²) in [6.07, 6.45) is 1.82. The van der Waals surface area contributed by atoms with Crippen molar-refractivity contribution in [1.29, 1.82) is 0 Å². The first-order chi connectivity index (χ1) is 14.3. The summed E-state index contributed by atoms with van der Waals surface area (Å²) >= 11 is 0. The van der Waals surface area contributed by atoms with Gasteiger partial charge in [-0.25, -0.2) is 0 Å². The van der Waals surface area contributed by atoms with Gasteiger partial charge in [0.25, 0.3) is 0 Å². The molecule has 5 heteroatoms. The third-order valence-corrected chi connectivity index (χ3v) is 5.32. The van der Waals surface area contributed by atoms with Crippen molar-refractivity contribution < 1.29 is 19.6 Å². The number of nitrogens with one attached hydrogen (secondary N) is 1. The minimum Gasteiger partial charge on any atom is -0.454 e. The molecule has 1 aliphatic heterocycles. The number of ether oxygens (including phenoxy) is 2. The minimum atomic E-state index is -0.333. The van der Waals surface area contributed by atoms with E-state index in [4.69, 9.17) is 9.47 Å². The molecule has 0 bridgehead atoms. The Morgan fingerprint density at radius 2 is 1.76 bits per heavy atom. The van der Waals surface area contributed by atoms with E-state index in [1.165, 1.54) is 0 Å². The van der Waals surface area contributed by atoms with Crippen LogP contribution < -0.4 is 14.8 Å². The van der Waals surface area contributed by atoms with Gasteiger partial charge < -0.3 is 19.8 Å². The van der Waals surface area contributed by atoms with Crippen LogP contribution in [0.1, 0.15) is 27.5 Å². The molecule has 0 amide bonds. The maximum absolute atomic E-state index is 13.5. The number of Topliss-reactive ketones (excluding diaryl/α,β-unsaturated/α-hetero) is 1. The quantitative estimate of drug-likeness (QED) is 0.499. The molecular weight excluding hydrogens is 364 g/mol. The molecule has 29 heavy (non-hydrogen) atoms. The average molecular weight is 385 g/mol. The van der Waals surface area contributed by atoms with Crippen LogP contribution in [0.25, 0.3) is 10.9 Å². The van der Waals surface area contributed by atoms with Crippen LogP contribution in [-0.2, 0) is 6.54 Å². The molecule has 2 heterocycles. The maximum atomic E-state index is 13.5. The zero-order chi connectivity index (χ0) is 19.6. The predicted octanol–water partition coefficient (Wildman–Crippen LogP) is 3.58. The highest BCUT2D eigenvalue weighted by molar-refractivity contribution is 6.09. The van der Waals surface area contributed by atoms with Gasteiger partial charge in [0, 0.05) is 33.8 Å². The van der Waals surface area contributed by atoms with Crippen LogP contribution in [0.5, 0.6) is 11.5 Å². The SMILES string of the molecule is O=C(c1c[nH]c2ccccc12)[C@H]([NH2+]Cc1ccc2c(c1)OCO2)c1ccccc1. The highest BCUT2D eigenvalue weighted by atomic mass is 16.7. The molecule has 0 saturated carbocycles. The van der Waals surface area contributed by atoms with Crippen molar-refractivity contribution >= 4 is 16.7 Å². The third-order valence-electron chi connectivity index (χ3n) is 5.32. The van der Waals surface area contributed by atoms with Crippen molar-refractivity contribution in [2.75, 3.05) is 6.79 Å². The summed E-state index contributed by atoms with van der Waals surface area (Å²) in [5.41, 5.74) is 3.76. The number of aromatic nitrogens is 1. The van der Waals surface area contributed by atoms with Gasteiger partial charge in [-0.3, -0.25) is 4.79 Å². The van der Waals surface area contributed by atoms with E-state index in [0.29, 0.717) is 6.54 Å². The number of para-hydroxylation sites is 1. The molecule has 1 atom stereocenters. The molecule has 4 aromatic rings. The summed E-state index contributed by atoms with van der Waals surface area (Å²) in [6, 6.07) is 23.4. The molecule has 0 saturated heterocycles. The normalized spacial score (nSPS) is 13.5. The molecule has 0 unspecified atom stereocenters. The molecule has 0 spiro atoms. The van der Waals surface area contributed by atoms with Crippen LogP contribution in [0.4, 0.5) is 0 Å². The van der Waals surface area contributed by atoms with Crippen LogP contribution in [0.3, 0.4) is 0 Å². The van der Waals surface area contributed by atoms with Gasteiger partial charge in [-0.15, -0.1) is 0 Å². The zero-order valence-corrected chi connectivity index (χ0v) is 15.8. The monoisotopic (exact) mass is 385 g/mol. The van der Waals surface area contributed by atoms with Gasteiger partial charge in [-0.1, -0.05) is 48.5 Å². The van der Waals surface area contributed by atoms with Crippen LogP contribution in [-0.4, -0.2) is 17.6 Å². The van der Waals surface area contributed by atoms with Crippen LogP contribution in [0.15, 0.2) is 79.0 Å². The highest BCUT2D eigenvalue weighted by Crippen LogP contribution is 2.32. The van der Waals surface area contributed by atoms with E-state index in [0.717, 1.165) is 39.1 Å². The number of hydrogen-bond acceptors (Lipinski definition) is 3. The van der Waals surface area contributed by atoms with E-state index >= 15 is 0 Å². The van der Waals surface area contributed by atoms with Gasteiger partial charge in [0.15, 0.2) is 17.5 Å². The lowest BCUT2D eigenvalue weighted by molar-refractivity contribution is -0.697. The number of aromatic amines is 1. The number of benzene rings is 3. The van der Waals surface area contributed by atoms with Gasteiger partial charge in [0.05, 0.1) is 0 Å². The van der Waals surface area contributed by atoms with Gasteiger partial charge >= 0.3 is 0 Å². The van der Waals surface area contributed by atoms with Crippen molar-refractivity contribution in [3.63, 3.8) is 0 Å². The molecular formula is C24H21N2O3+. The number of quaternary nitrogens is 1. The number of nitrogens with two attached hydrogens (primary N) is 1. The minimum absolute atomic E-state index is 0.0920. The fourth-order valence-corrected chi connectivity index (χ4v) is 3.82. The summed E-state index contributed by atoms with van der Waals surface area (Å²) < 4.78 is 10.9. The van der Waals surface area contributed by atoms with E-state index in [2.05, 4.69) is 10.3 Å². The molecule has 1 aromatic heterocycles.